The minimum absolute atomic E-state index is 0.0294. The SMILES string of the molecule is CCCC(C)(C)C1=C(C(C)(C)C)CN2CCCC[C@H]2C(=O)N1. The van der Waals surface area contributed by atoms with E-state index in [1.165, 1.54) is 24.1 Å². The van der Waals surface area contributed by atoms with Gasteiger partial charge in [-0.3, -0.25) is 9.69 Å². The van der Waals surface area contributed by atoms with E-state index in [9.17, 15) is 4.79 Å². The van der Waals surface area contributed by atoms with Gasteiger partial charge in [0, 0.05) is 17.7 Å². The Kier molecular flexibility index (Phi) is 5.06. The molecule has 0 bridgehead atoms. The van der Waals surface area contributed by atoms with Crippen molar-refractivity contribution in [3.8, 4) is 0 Å². The number of rotatable bonds is 3. The normalized spacial score (nSPS) is 24.8. The van der Waals surface area contributed by atoms with E-state index in [2.05, 4.69) is 51.8 Å². The topological polar surface area (TPSA) is 32.3 Å². The number of allylic oxidation sites excluding steroid dienone is 1. The molecule has 0 aromatic carbocycles. The molecule has 2 aliphatic rings. The number of nitrogens with one attached hydrogen (secondary N) is 1. The third-order valence-corrected chi connectivity index (χ3v) is 5.28. The summed E-state index contributed by atoms with van der Waals surface area (Å²) in [7, 11) is 0. The van der Waals surface area contributed by atoms with Crippen LogP contribution in [0.5, 0.6) is 0 Å². The fraction of sp³-hybridized carbons (Fsp3) is 0.842. The van der Waals surface area contributed by atoms with Crippen LogP contribution in [0.2, 0.25) is 0 Å². The van der Waals surface area contributed by atoms with Crippen LogP contribution in [0.3, 0.4) is 0 Å². The third-order valence-electron chi connectivity index (χ3n) is 5.28. The van der Waals surface area contributed by atoms with Crippen LogP contribution in [0.1, 0.15) is 73.6 Å². The van der Waals surface area contributed by atoms with Gasteiger partial charge in [0.05, 0.1) is 6.04 Å². The zero-order chi connectivity index (χ0) is 16.5. The van der Waals surface area contributed by atoms with Crippen molar-refractivity contribution in [1.29, 1.82) is 0 Å². The molecule has 0 unspecified atom stereocenters. The molecule has 0 aliphatic carbocycles. The molecular formula is C19H34N2O. The van der Waals surface area contributed by atoms with Gasteiger partial charge in [0.1, 0.15) is 0 Å². The van der Waals surface area contributed by atoms with Crippen LogP contribution in [0.25, 0.3) is 0 Å². The van der Waals surface area contributed by atoms with Gasteiger partial charge in [0.25, 0.3) is 0 Å². The van der Waals surface area contributed by atoms with Gasteiger partial charge in [0.15, 0.2) is 0 Å². The number of fused-ring (bicyclic) bond motifs is 1. The fourth-order valence-corrected chi connectivity index (χ4v) is 3.98. The number of hydrogen-bond donors (Lipinski definition) is 1. The minimum Gasteiger partial charge on any atom is -0.328 e. The molecule has 1 fully saturated rings. The van der Waals surface area contributed by atoms with Crippen LogP contribution in [-0.4, -0.2) is 29.9 Å². The summed E-state index contributed by atoms with van der Waals surface area (Å²) in [5.41, 5.74) is 2.73. The van der Waals surface area contributed by atoms with Gasteiger partial charge in [-0.05, 0) is 36.8 Å². The average molecular weight is 306 g/mol. The Hall–Kier alpha value is -0.830. The summed E-state index contributed by atoms with van der Waals surface area (Å²) in [6.07, 6.45) is 5.64. The summed E-state index contributed by atoms with van der Waals surface area (Å²) < 4.78 is 0. The molecule has 0 aromatic heterocycles. The molecule has 0 saturated carbocycles. The molecule has 3 heteroatoms. The van der Waals surface area contributed by atoms with Crippen LogP contribution in [0, 0.1) is 10.8 Å². The van der Waals surface area contributed by atoms with Crippen molar-refractivity contribution in [3.05, 3.63) is 11.3 Å². The van der Waals surface area contributed by atoms with Crippen molar-refractivity contribution in [1.82, 2.24) is 10.2 Å². The number of piperidine rings is 1. The molecule has 0 radical (unpaired) electrons. The summed E-state index contributed by atoms with van der Waals surface area (Å²) in [4.78, 5) is 15.2. The highest BCUT2D eigenvalue weighted by Gasteiger charge is 2.39. The average Bonchev–Trinajstić information content (AvgIpc) is 2.56. The molecule has 1 amide bonds. The second-order valence-corrected chi connectivity index (χ2v) is 8.71. The molecule has 126 valence electrons. The number of carbonyl (C=O) groups excluding carboxylic acids is 1. The second kappa shape index (κ2) is 6.35. The van der Waals surface area contributed by atoms with Gasteiger partial charge in [-0.1, -0.05) is 54.4 Å². The van der Waals surface area contributed by atoms with Crippen LogP contribution < -0.4 is 5.32 Å². The highest BCUT2D eigenvalue weighted by atomic mass is 16.2. The maximum Gasteiger partial charge on any atom is 0.241 e. The van der Waals surface area contributed by atoms with E-state index in [1.54, 1.807) is 0 Å². The van der Waals surface area contributed by atoms with E-state index in [0.29, 0.717) is 0 Å². The van der Waals surface area contributed by atoms with E-state index in [-0.39, 0.29) is 22.8 Å². The maximum absolute atomic E-state index is 12.8. The largest absolute Gasteiger partial charge is 0.328 e. The van der Waals surface area contributed by atoms with Crippen LogP contribution in [0.4, 0.5) is 0 Å². The van der Waals surface area contributed by atoms with Crippen molar-refractivity contribution in [3.63, 3.8) is 0 Å². The lowest BCUT2D eigenvalue weighted by Gasteiger charge is -2.36. The van der Waals surface area contributed by atoms with Crippen molar-refractivity contribution >= 4 is 5.91 Å². The Morgan fingerprint density at radius 1 is 1.18 bits per heavy atom. The quantitative estimate of drug-likeness (QED) is 0.851. The lowest BCUT2D eigenvalue weighted by Crippen LogP contribution is -2.48. The molecule has 0 spiro atoms. The number of nitrogens with zero attached hydrogens (tertiary/aromatic N) is 1. The van der Waals surface area contributed by atoms with Gasteiger partial charge < -0.3 is 5.32 Å². The Balaban J connectivity index is 2.46. The van der Waals surface area contributed by atoms with Crippen LogP contribution in [-0.2, 0) is 4.79 Å². The summed E-state index contributed by atoms with van der Waals surface area (Å²) in [5.74, 6) is 0.220. The van der Waals surface area contributed by atoms with Crippen LogP contribution >= 0.6 is 0 Å². The molecule has 22 heavy (non-hydrogen) atoms. The Labute approximate surface area is 136 Å². The van der Waals surface area contributed by atoms with Crippen molar-refractivity contribution in [2.24, 2.45) is 10.8 Å². The van der Waals surface area contributed by atoms with Crippen molar-refractivity contribution < 1.29 is 4.79 Å². The molecule has 3 nitrogen and oxygen atoms in total. The fourth-order valence-electron chi connectivity index (χ4n) is 3.98. The lowest BCUT2D eigenvalue weighted by molar-refractivity contribution is -0.126. The highest BCUT2D eigenvalue weighted by Crippen LogP contribution is 2.40. The number of amides is 1. The van der Waals surface area contributed by atoms with Gasteiger partial charge in [-0.25, -0.2) is 0 Å². The summed E-state index contributed by atoms with van der Waals surface area (Å²) in [6, 6.07) is 0.0704. The van der Waals surface area contributed by atoms with Gasteiger partial charge >= 0.3 is 0 Å². The monoisotopic (exact) mass is 306 g/mol. The molecule has 1 atom stereocenters. The Morgan fingerprint density at radius 3 is 2.45 bits per heavy atom. The second-order valence-electron chi connectivity index (χ2n) is 8.71. The standard InChI is InChI=1S/C19H34N2O/c1-7-11-19(5,6)16-14(18(2,3)4)13-21-12-9-8-10-15(21)17(22)20-16/h15H,7-13H2,1-6H3,(H,20,22)/t15-/m0/s1. The first-order valence-corrected chi connectivity index (χ1v) is 8.96. The molecule has 2 aliphatic heterocycles. The summed E-state index contributed by atoms with van der Waals surface area (Å²) in [5, 5.41) is 3.36. The molecular weight excluding hydrogens is 272 g/mol. The van der Waals surface area contributed by atoms with Crippen molar-refractivity contribution in [2.45, 2.75) is 79.7 Å². The first-order chi connectivity index (χ1) is 10.2. The van der Waals surface area contributed by atoms with Gasteiger partial charge in [-0.15, -0.1) is 0 Å². The van der Waals surface area contributed by atoms with Gasteiger partial charge in [0.2, 0.25) is 5.91 Å². The third kappa shape index (κ3) is 3.56. The molecule has 0 aromatic rings. The predicted molar refractivity (Wildman–Crippen MR) is 92.5 cm³/mol. The zero-order valence-corrected chi connectivity index (χ0v) is 15.4. The predicted octanol–water partition coefficient (Wildman–Crippen LogP) is 4.10. The van der Waals surface area contributed by atoms with E-state index in [1.807, 2.05) is 0 Å². The highest BCUT2D eigenvalue weighted by molar-refractivity contribution is 5.84. The Morgan fingerprint density at radius 2 is 1.86 bits per heavy atom. The maximum atomic E-state index is 12.8. The smallest absolute Gasteiger partial charge is 0.241 e. The minimum atomic E-state index is 0.0294. The van der Waals surface area contributed by atoms with E-state index in [0.717, 1.165) is 32.4 Å². The van der Waals surface area contributed by atoms with Crippen molar-refractivity contribution in [2.75, 3.05) is 13.1 Å². The van der Waals surface area contributed by atoms with E-state index >= 15 is 0 Å². The van der Waals surface area contributed by atoms with Crippen LogP contribution in [0.15, 0.2) is 11.3 Å². The molecule has 1 saturated heterocycles. The lowest BCUT2D eigenvalue weighted by atomic mass is 9.75. The summed E-state index contributed by atoms with van der Waals surface area (Å²) in [6.45, 7) is 15.6. The first-order valence-electron chi connectivity index (χ1n) is 8.96. The molecule has 1 N–H and O–H groups in total. The molecule has 2 rings (SSSR count). The summed E-state index contributed by atoms with van der Waals surface area (Å²) >= 11 is 0. The number of hydrogen-bond acceptors (Lipinski definition) is 2. The first kappa shape index (κ1) is 17.5. The molecule has 2 heterocycles. The van der Waals surface area contributed by atoms with Gasteiger partial charge in [-0.2, -0.15) is 0 Å². The van der Waals surface area contributed by atoms with E-state index < -0.39 is 0 Å². The zero-order valence-electron chi connectivity index (χ0n) is 15.4. The van der Waals surface area contributed by atoms with E-state index in [4.69, 9.17) is 0 Å². The number of carbonyl (C=O) groups is 1. The Bertz CT molecular complexity index is 457.